The fourth-order valence-corrected chi connectivity index (χ4v) is 11.8. The topological polar surface area (TPSA) is 303 Å². The summed E-state index contributed by atoms with van der Waals surface area (Å²) in [6.07, 6.45) is -2.15. The van der Waals surface area contributed by atoms with Crippen molar-refractivity contribution in [1.29, 1.82) is 0 Å². The third kappa shape index (κ3) is 17.2. The van der Waals surface area contributed by atoms with Crippen molar-refractivity contribution in [2.75, 3.05) is 59.5 Å². The average molecular weight is 1190 g/mol. The molecular formula is C55H73ClN8O15S2. The average Bonchev–Trinajstić information content (AvgIpc) is 3.88. The van der Waals surface area contributed by atoms with Gasteiger partial charge in [-0.2, -0.15) is 0 Å². The Hall–Kier alpha value is -7.09. The molecule has 0 unspecified atom stereocenters. The van der Waals surface area contributed by atoms with Gasteiger partial charge in [-0.15, -0.1) is 12.4 Å². The van der Waals surface area contributed by atoms with E-state index in [1.807, 2.05) is 48.5 Å². The van der Waals surface area contributed by atoms with Crippen LogP contribution in [0, 0.1) is 11.8 Å². The minimum atomic E-state index is -1.75. The number of alkyl carbamates (subject to hydrolysis) is 2. The number of benzene rings is 3. The molecule has 3 aromatic carbocycles. The van der Waals surface area contributed by atoms with Crippen LogP contribution in [0.4, 0.5) is 9.59 Å². The summed E-state index contributed by atoms with van der Waals surface area (Å²) in [5.41, 5.74) is 10.4. The van der Waals surface area contributed by atoms with E-state index in [0.29, 0.717) is 5.56 Å². The quantitative estimate of drug-likeness (QED) is 0.0777. The summed E-state index contributed by atoms with van der Waals surface area (Å²) in [6.45, 7) is 7.36. The molecule has 1 heterocycles. The molecule has 6 N–H and O–H groups in total. The number of hydrogen-bond acceptors (Lipinski definition) is 17. The molecule has 5 rings (SSSR count). The van der Waals surface area contributed by atoms with Crippen LogP contribution in [0.3, 0.4) is 0 Å². The number of nitrogens with two attached hydrogens (primary N) is 1. The van der Waals surface area contributed by atoms with E-state index in [0.717, 1.165) is 63.4 Å². The van der Waals surface area contributed by atoms with Crippen molar-refractivity contribution in [3.63, 3.8) is 0 Å². The molecule has 0 spiro atoms. The number of esters is 2. The summed E-state index contributed by atoms with van der Waals surface area (Å²) in [5, 5.41) is 17.1. The number of nitrogens with one attached hydrogen (secondary N) is 3. The van der Waals surface area contributed by atoms with Gasteiger partial charge in [0.2, 0.25) is 29.5 Å². The first kappa shape index (κ1) is 66.4. The van der Waals surface area contributed by atoms with Gasteiger partial charge in [0.15, 0.2) is 6.04 Å². The zero-order valence-electron chi connectivity index (χ0n) is 46.9. The van der Waals surface area contributed by atoms with Gasteiger partial charge in [0, 0.05) is 45.6 Å². The van der Waals surface area contributed by atoms with E-state index in [-0.39, 0.29) is 43.0 Å². The van der Waals surface area contributed by atoms with E-state index in [4.69, 9.17) is 24.7 Å². The molecule has 442 valence electrons. The molecule has 3 aromatic rings. The van der Waals surface area contributed by atoms with Crippen LogP contribution in [-0.4, -0.2) is 192 Å². The van der Waals surface area contributed by atoms with Crippen molar-refractivity contribution in [3.05, 3.63) is 95.6 Å². The van der Waals surface area contributed by atoms with Crippen molar-refractivity contribution >= 4 is 93.6 Å². The number of cyclic esters (lactones) is 1. The number of rotatable bonds is 16. The van der Waals surface area contributed by atoms with E-state index < -0.39 is 133 Å². The van der Waals surface area contributed by atoms with Crippen molar-refractivity contribution in [3.8, 4) is 11.1 Å². The second kappa shape index (κ2) is 30.6. The molecule has 26 heteroatoms. The standard InChI is InChI=1S/C55H72N8O15S2.ClH/c1-30(2)44-52(71)75-26-40(58-54(73)78-25-39-37-22-16-14-20-35(37)36-21-15-17-23-38(36)39)46(64)57-33(6)48(66)61(8)43(29-80-79-28-42(49(67)62(44)9)60(7)47(65)32(5)56)50(68)63(10)45(31(3)4)53(72)76-27-41(51(69)70)59-55(74)77-24-34-18-12-11-13-19-34;/h11-23,30-33,39-45H,24-29,56H2,1-10H3,(H,57,64)(H,58,73)(H,59,74)(H,69,70);1H/t32-,33-,40+,41+,42-,43-,44-,45-;/m0./s1. The largest absolute Gasteiger partial charge is 0.480 e. The van der Waals surface area contributed by atoms with Crippen LogP contribution in [-0.2, 0) is 63.9 Å². The SMILES string of the molecule is CC(C)[C@H]1C(=O)OC[C@@H](NC(=O)OCC2c3ccccc3-c3ccccc32)C(=O)N[C@@H](C)C(=O)N(C)[C@H](C(=O)N(C)[C@H](C(=O)OC[C@@H](NC(=O)OCc2ccccc2)C(=O)O)C(C)C)CSSC[C@H](N(C)C(=O)[C@H](C)N)C(=O)N1C.Cl. The number of likely N-dealkylation sites (N-methyl/N-ethyl adjacent to an activating group) is 4. The Morgan fingerprint density at radius 2 is 1.38 bits per heavy atom. The van der Waals surface area contributed by atoms with Crippen molar-refractivity contribution < 1.29 is 72.0 Å². The van der Waals surface area contributed by atoms with Gasteiger partial charge in [0.05, 0.1) is 6.04 Å². The molecule has 1 fully saturated rings. The second-order valence-electron chi connectivity index (χ2n) is 20.2. The maximum Gasteiger partial charge on any atom is 0.408 e. The number of carbonyl (C=O) groups excluding carboxylic acids is 9. The molecule has 1 aliphatic carbocycles. The van der Waals surface area contributed by atoms with E-state index in [1.165, 1.54) is 42.0 Å². The molecule has 0 aromatic heterocycles. The summed E-state index contributed by atoms with van der Waals surface area (Å²) < 4.78 is 22.0. The highest BCUT2D eigenvalue weighted by molar-refractivity contribution is 8.76. The molecule has 23 nitrogen and oxygen atoms in total. The van der Waals surface area contributed by atoms with Crippen LogP contribution in [0.25, 0.3) is 11.1 Å². The number of carboxylic acids is 1. The van der Waals surface area contributed by atoms with Gasteiger partial charge in [-0.05, 0) is 53.5 Å². The molecule has 0 saturated carbocycles. The van der Waals surface area contributed by atoms with Crippen molar-refractivity contribution in [2.45, 2.75) is 102 Å². The lowest BCUT2D eigenvalue weighted by Gasteiger charge is -2.37. The molecule has 81 heavy (non-hydrogen) atoms. The predicted octanol–water partition coefficient (Wildman–Crippen LogP) is 3.65. The van der Waals surface area contributed by atoms with E-state index in [9.17, 15) is 53.1 Å². The highest BCUT2D eigenvalue weighted by Crippen LogP contribution is 2.44. The smallest absolute Gasteiger partial charge is 0.408 e. The number of fused-ring (bicyclic) bond motifs is 3. The van der Waals surface area contributed by atoms with Gasteiger partial charge in [0.25, 0.3) is 0 Å². The normalized spacial score (nSPS) is 20.3. The van der Waals surface area contributed by atoms with Gasteiger partial charge in [-0.3, -0.25) is 24.0 Å². The Morgan fingerprint density at radius 3 is 1.95 bits per heavy atom. The minimum Gasteiger partial charge on any atom is -0.480 e. The van der Waals surface area contributed by atoms with E-state index in [2.05, 4.69) is 16.0 Å². The number of halogens is 1. The number of hydrogen-bond donors (Lipinski definition) is 5. The maximum atomic E-state index is 14.8. The Morgan fingerprint density at radius 1 is 0.802 bits per heavy atom. The minimum absolute atomic E-state index is 0. The molecule has 7 amide bonds. The van der Waals surface area contributed by atoms with Crippen LogP contribution < -0.4 is 21.7 Å². The molecule has 1 saturated heterocycles. The van der Waals surface area contributed by atoms with Crippen molar-refractivity contribution in [2.24, 2.45) is 17.6 Å². The van der Waals surface area contributed by atoms with Gasteiger partial charge < -0.3 is 65.3 Å². The number of carboxylic acid groups (broad SMARTS) is 1. The first-order valence-corrected chi connectivity index (χ1v) is 28.4. The number of amides is 7. The van der Waals surface area contributed by atoms with Gasteiger partial charge in [-0.1, -0.05) is 128 Å². The Labute approximate surface area is 485 Å². The highest BCUT2D eigenvalue weighted by atomic mass is 35.5. The lowest BCUT2D eigenvalue weighted by Crippen LogP contribution is -2.60. The summed E-state index contributed by atoms with van der Waals surface area (Å²) in [6, 6.07) is 12.8. The first-order valence-electron chi connectivity index (χ1n) is 25.9. The van der Waals surface area contributed by atoms with Crippen molar-refractivity contribution in [1.82, 2.24) is 35.6 Å². The summed E-state index contributed by atoms with van der Waals surface area (Å²) in [7, 11) is 7.44. The predicted molar refractivity (Wildman–Crippen MR) is 304 cm³/mol. The summed E-state index contributed by atoms with van der Waals surface area (Å²) in [5.74, 6) is -9.36. The molecule has 2 aliphatic rings. The van der Waals surface area contributed by atoms with Gasteiger partial charge in [-0.25, -0.2) is 24.0 Å². The second-order valence-corrected chi connectivity index (χ2v) is 22.7. The fraction of sp³-hybridized carbons (Fsp3) is 0.491. The monoisotopic (exact) mass is 1180 g/mol. The third-order valence-corrected chi connectivity index (χ3v) is 16.1. The zero-order chi connectivity index (χ0) is 59.1. The first-order chi connectivity index (χ1) is 37.8. The van der Waals surface area contributed by atoms with Crippen LogP contribution in [0.1, 0.15) is 64.2 Å². The molecule has 0 bridgehead atoms. The Balaban J connectivity index is 0.0000141. The Bertz CT molecular complexity index is 2700. The fourth-order valence-electron chi connectivity index (χ4n) is 9.28. The van der Waals surface area contributed by atoms with Crippen LogP contribution in [0.15, 0.2) is 78.9 Å². The van der Waals surface area contributed by atoms with Crippen LogP contribution in [0.5, 0.6) is 0 Å². The number of carbonyl (C=O) groups is 10. The van der Waals surface area contributed by atoms with Gasteiger partial charge in [0.1, 0.15) is 62.7 Å². The molecule has 0 radical (unpaired) electrons. The lowest BCUT2D eigenvalue weighted by atomic mass is 9.98. The van der Waals surface area contributed by atoms with Gasteiger partial charge >= 0.3 is 30.1 Å². The maximum absolute atomic E-state index is 14.8. The van der Waals surface area contributed by atoms with Crippen LogP contribution in [0.2, 0.25) is 0 Å². The number of nitrogens with zero attached hydrogens (tertiary/aromatic N) is 4. The number of aliphatic carboxylic acids is 1. The summed E-state index contributed by atoms with van der Waals surface area (Å²) >= 11 is 0. The number of ether oxygens (including phenoxy) is 4. The Kier molecular flexibility index (Phi) is 25.1. The van der Waals surface area contributed by atoms with Crippen LogP contribution >= 0.6 is 34.0 Å². The molecule has 8 atom stereocenters. The zero-order valence-corrected chi connectivity index (χ0v) is 49.3. The summed E-state index contributed by atoms with van der Waals surface area (Å²) in [4.78, 5) is 142. The molecule has 1 aliphatic heterocycles. The highest BCUT2D eigenvalue weighted by Gasteiger charge is 2.42. The lowest BCUT2D eigenvalue weighted by molar-refractivity contribution is -0.160. The van der Waals surface area contributed by atoms with E-state index >= 15 is 0 Å². The van der Waals surface area contributed by atoms with E-state index in [1.54, 1.807) is 58.0 Å². The molecular weight excluding hydrogens is 1110 g/mol. The third-order valence-electron chi connectivity index (χ3n) is 13.7.